The van der Waals surface area contributed by atoms with E-state index in [-0.39, 0.29) is 36.6 Å². The topological polar surface area (TPSA) is 99.5 Å². The Bertz CT molecular complexity index is 984. The van der Waals surface area contributed by atoms with E-state index in [0.29, 0.717) is 17.7 Å². The van der Waals surface area contributed by atoms with Gasteiger partial charge >= 0.3 is 0 Å². The number of hydrogen-bond acceptors (Lipinski definition) is 6. The molecule has 152 valence electrons. The molecule has 0 spiro atoms. The third-order valence-corrected chi connectivity index (χ3v) is 5.07. The first kappa shape index (κ1) is 19.3. The van der Waals surface area contributed by atoms with E-state index in [9.17, 15) is 23.1 Å². The Hall–Kier alpha value is -3.01. The zero-order valence-corrected chi connectivity index (χ0v) is 15.2. The second kappa shape index (κ2) is 7.78. The third-order valence-electron chi connectivity index (χ3n) is 5.07. The summed E-state index contributed by atoms with van der Waals surface area (Å²) in [6.07, 6.45) is -0.550. The zero-order chi connectivity index (χ0) is 20.5. The molecule has 2 aliphatic rings. The van der Waals surface area contributed by atoms with Crippen LogP contribution in [-0.2, 0) is 17.9 Å². The number of hydrogen-bond donors (Lipinski definition) is 3. The molecule has 3 atom stereocenters. The molecule has 1 aliphatic heterocycles. The maximum absolute atomic E-state index is 13.8. The number of anilines is 1. The second-order valence-corrected chi connectivity index (χ2v) is 6.96. The van der Waals surface area contributed by atoms with E-state index in [2.05, 4.69) is 25.6 Å². The molecule has 0 radical (unpaired) electrons. The van der Waals surface area contributed by atoms with Crippen molar-refractivity contribution in [1.29, 1.82) is 0 Å². The van der Waals surface area contributed by atoms with Crippen LogP contribution < -0.4 is 10.6 Å². The van der Waals surface area contributed by atoms with E-state index in [0.717, 1.165) is 18.2 Å². The van der Waals surface area contributed by atoms with Crippen molar-refractivity contribution in [2.75, 3.05) is 5.32 Å². The Kier molecular flexibility index (Phi) is 5.18. The van der Waals surface area contributed by atoms with Crippen molar-refractivity contribution in [3.63, 3.8) is 0 Å². The van der Waals surface area contributed by atoms with E-state index in [1.807, 2.05) is 0 Å². The molecule has 0 unspecified atom stereocenters. The van der Waals surface area contributed by atoms with Crippen molar-refractivity contribution >= 4 is 17.4 Å². The number of nitrogens with one attached hydrogen (secondary N) is 2. The molecular weight excluding hydrogens is 387 g/mol. The monoisotopic (exact) mass is 405 g/mol. The number of halogens is 3. The average Bonchev–Trinajstić information content (AvgIpc) is 3.28. The molecule has 1 aliphatic carbocycles. The molecule has 1 aromatic heterocycles. The van der Waals surface area contributed by atoms with Crippen LogP contribution in [0.15, 0.2) is 29.5 Å². The van der Waals surface area contributed by atoms with Crippen LogP contribution in [-0.4, -0.2) is 45.0 Å². The Morgan fingerprint density at radius 2 is 2.07 bits per heavy atom. The van der Waals surface area contributed by atoms with Crippen LogP contribution in [0.2, 0.25) is 0 Å². The lowest BCUT2D eigenvalue weighted by Gasteiger charge is -2.19. The fourth-order valence-corrected chi connectivity index (χ4v) is 3.52. The van der Waals surface area contributed by atoms with E-state index < -0.39 is 35.9 Å². The summed E-state index contributed by atoms with van der Waals surface area (Å²) in [5.41, 5.74) is 0.917. The molecule has 1 aromatic carbocycles. The number of aromatic nitrogens is 2. The highest BCUT2D eigenvalue weighted by molar-refractivity contribution is 6.47. The number of alkyl halides is 1. The molecule has 4 rings (SSSR count). The lowest BCUT2D eigenvalue weighted by molar-refractivity contribution is -0.114. The molecule has 2 aromatic rings. The van der Waals surface area contributed by atoms with E-state index in [1.54, 1.807) is 0 Å². The summed E-state index contributed by atoms with van der Waals surface area (Å²) in [5, 5.41) is 15.4. The number of aliphatic imine (C=N–C) groups is 1. The highest BCUT2D eigenvalue weighted by atomic mass is 19.1. The zero-order valence-electron chi connectivity index (χ0n) is 15.2. The SMILES string of the molecule is O=C(NCc1cc(F)ccc1F)C1=NCc2ncnc(N[C@@H]3CC[C@H](F)[C@H]3O)c21. The first-order chi connectivity index (χ1) is 13.9. The van der Waals surface area contributed by atoms with Crippen LogP contribution in [0, 0.1) is 11.6 Å². The molecule has 2 heterocycles. The van der Waals surface area contributed by atoms with Gasteiger partial charge in [0, 0.05) is 12.1 Å². The van der Waals surface area contributed by atoms with Crippen molar-refractivity contribution in [2.24, 2.45) is 4.99 Å². The molecule has 1 fully saturated rings. The highest BCUT2D eigenvalue weighted by Gasteiger charge is 2.36. The lowest BCUT2D eigenvalue weighted by atomic mass is 10.1. The summed E-state index contributed by atoms with van der Waals surface area (Å²) in [6.45, 7) is -0.0688. The number of aliphatic hydroxyl groups is 1. The van der Waals surface area contributed by atoms with Gasteiger partial charge < -0.3 is 15.7 Å². The Balaban J connectivity index is 1.51. The summed E-state index contributed by atoms with van der Waals surface area (Å²) in [6, 6.07) is 2.44. The van der Waals surface area contributed by atoms with Crippen LogP contribution >= 0.6 is 0 Å². The van der Waals surface area contributed by atoms with Gasteiger partial charge in [-0.05, 0) is 31.0 Å². The number of carbonyl (C=O) groups excluding carboxylic acids is 1. The van der Waals surface area contributed by atoms with Crippen molar-refractivity contribution in [1.82, 2.24) is 15.3 Å². The van der Waals surface area contributed by atoms with Crippen molar-refractivity contribution < 1.29 is 23.1 Å². The van der Waals surface area contributed by atoms with Crippen molar-refractivity contribution in [3.8, 4) is 0 Å². The summed E-state index contributed by atoms with van der Waals surface area (Å²) in [5.74, 6) is -1.57. The second-order valence-electron chi connectivity index (χ2n) is 6.96. The van der Waals surface area contributed by atoms with Gasteiger partial charge in [-0.1, -0.05) is 0 Å². The molecule has 1 saturated carbocycles. The minimum absolute atomic E-state index is 0.00268. The Morgan fingerprint density at radius 3 is 2.83 bits per heavy atom. The fraction of sp³-hybridized carbons (Fsp3) is 0.368. The number of benzene rings is 1. The molecule has 1 amide bonds. The fourth-order valence-electron chi connectivity index (χ4n) is 3.52. The minimum Gasteiger partial charge on any atom is -0.388 e. The van der Waals surface area contributed by atoms with Gasteiger partial charge in [-0.2, -0.15) is 0 Å². The Morgan fingerprint density at radius 1 is 1.24 bits per heavy atom. The van der Waals surface area contributed by atoms with Crippen LogP contribution in [0.25, 0.3) is 0 Å². The minimum atomic E-state index is -1.32. The largest absolute Gasteiger partial charge is 0.388 e. The van der Waals surface area contributed by atoms with Crippen molar-refractivity contribution in [2.45, 2.75) is 44.2 Å². The van der Waals surface area contributed by atoms with Crippen LogP contribution in [0.4, 0.5) is 19.0 Å². The molecule has 0 bridgehead atoms. The maximum atomic E-state index is 13.8. The number of carbonyl (C=O) groups is 1. The quantitative estimate of drug-likeness (QED) is 0.703. The molecule has 7 nitrogen and oxygen atoms in total. The molecule has 0 saturated heterocycles. The summed E-state index contributed by atoms with van der Waals surface area (Å²) < 4.78 is 40.7. The predicted molar refractivity (Wildman–Crippen MR) is 98.0 cm³/mol. The van der Waals surface area contributed by atoms with Gasteiger partial charge in [0.25, 0.3) is 5.91 Å². The number of rotatable bonds is 5. The van der Waals surface area contributed by atoms with E-state index in [4.69, 9.17) is 0 Å². The summed E-state index contributed by atoms with van der Waals surface area (Å²) in [4.78, 5) is 25.1. The number of fused-ring (bicyclic) bond motifs is 1. The summed E-state index contributed by atoms with van der Waals surface area (Å²) >= 11 is 0. The van der Waals surface area contributed by atoms with Gasteiger partial charge in [0.15, 0.2) is 0 Å². The van der Waals surface area contributed by atoms with Gasteiger partial charge in [0.2, 0.25) is 0 Å². The number of aliphatic hydroxyl groups excluding tert-OH is 1. The number of nitrogens with zero attached hydrogens (tertiary/aromatic N) is 3. The van der Waals surface area contributed by atoms with Gasteiger partial charge in [0.1, 0.15) is 41.8 Å². The van der Waals surface area contributed by atoms with E-state index >= 15 is 0 Å². The van der Waals surface area contributed by atoms with Gasteiger partial charge in [-0.15, -0.1) is 0 Å². The van der Waals surface area contributed by atoms with E-state index in [1.165, 1.54) is 6.33 Å². The van der Waals surface area contributed by atoms with Crippen LogP contribution in [0.1, 0.15) is 29.7 Å². The molecule has 29 heavy (non-hydrogen) atoms. The first-order valence-electron chi connectivity index (χ1n) is 9.13. The summed E-state index contributed by atoms with van der Waals surface area (Å²) in [7, 11) is 0. The van der Waals surface area contributed by atoms with Gasteiger partial charge in [-0.25, -0.2) is 23.1 Å². The molecular formula is C19H18F3N5O2. The predicted octanol–water partition coefficient (Wildman–Crippen LogP) is 1.65. The highest BCUT2D eigenvalue weighted by Crippen LogP contribution is 2.29. The lowest BCUT2D eigenvalue weighted by Crippen LogP contribution is -2.35. The first-order valence-corrected chi connectivity index (χ1v) is 9.13. The Labute approximate surface area is 164 Å². The molecule has 10 heteroatoms. The van der Waals surface area contributed by atoms with Crippen molar-refractivity contribution in [3.05, 3.63) is 53.0 Å². The average molecular weight is 405 g/mol. The smallest absolute Gasteiger partial charge is 0.270 e. The van der Waals surface area contributed by atoms with Gasteiger partial charge in [0.05, 0.1) is 23.8 Å². The van der Waals surface area contributed by atoms with Crippen LogP contribution in [0.5, 0.6) is 0 Å². The molecule has 3 N–H and O–H groups in total. The van der Waals surface area contributed by atoms with Gasteiger partial charge in [-0.3, -0.25) is 9.79 Å². The number of amides is 1. The normalized spacial score (nSPS) is 22.9. The van der Waals surface area contributed by atoms with Crippen LogP contribution in [0.3, 0.4) is 0 Å². The maximum Gasteiger partial charge on any atom is 0.270 e. The third kappa shape index (κ3) is 3.80. The standard InChI is InChI=1S/C19H18F3N5O2/c20-10-1-2-11(21)9(5-10)6-24-19(29)16-15-14(7-23-16)25-8-26-18(15)27-13-4-3-12(22)17(13)28/h1-2,5,8,12-13,17,28H,3-4,6-7H2,(H,24,29)(H,25,26,27)/t12-,13+,17+/m0/s1.